The lowest BCUT2D eigenvalue weighted by Crippen LogP contribution is -2.40. The molecule has 1 aromatic carbocycles. The summed E-state index contributed by atoms with van der Waals surface area (Å²) in [4.78, 5) is 13.6. The number of halogens is 1. The summed E-state index contributed by atoms with van der Waals surface area (Å²) in [5, 5.41) is 3.57. The van der Waals surface area contributed by atoms with E-state index in [0.717, 1.165) is 25.9 Å². The number of nitrogens with zero attached hydrogens (tertiary/aromatic N) is 1. The monoisotopic (exact) mass is 372 g/mol. The van der Waals surface area contributed by atoms with E-state index in [0.29, 0.717) is 18.0 Å². The Morgan fingerprint density at radius 1 is 1.32 bits per heavy atom. The fourth-order valence-corrected chi connectivity index (χ4v) is 2.91. The molecule has 1 heterocycles. The molecule has 1 amide bonds. The van der Waals surface area contributed by atoms with Gasteiger partial charge in [-0.05, 0) is 60.6 Å². The average Bonchev–Trinajstić information content (AvgIpc) is 2.75. The van der Waals surface area contributed by atoms with Gasteiger partial charge in [0.05, 0.1) is 0 Å². The first-order chi connectivity index (χ1) is 9.06. The van der Waals surface area contributed by atoms with E-state index in [9.17, 15) is 4.79 Å². The van der Waals surface area contributed by atoms with Gasteiger partial charge in [-0.3, -0.25) is 4.79 Å². The second-order valence-electron chi connectivity index (χ2n) is 5.28. The SMILES string of the molecule is CC(CN1CCCC1=O)NC(C)c1ccc(I)cc1. The maximum atomic E-state index is 11.6. The molecule has 0 saturated carbocycles. The predicted octanol–water partition coefficient (Wildman–Crippen LogP) is 2.95. The van der Waals surface area contributed by atoms with E-state index in [1.165, 1.54) is 9.13 Å². The molecule has 0 bridgehead atoms. The van der Waals surface area contributed by atoms with Crippen molar-refractivity contribution in [2.45, 2.75) is 38.8 Å². The molecular formula is C15H21IN2O. The van der Waals surface area contributed by atoms with E-state index in [2.05, 4.69) is 66.0 Å². The van der Waals surface area contributed by atoms with E-state index in [-0.39, 0.29) is 0 Å². The number of carbonyl (C=O) groups excluding carboxylic acids is 1. The van der Waals surface area contributed by atoms with E-state index < -0.39 is 0 Å². The molecule has 0 spiro atoms. The number of amides is 1. The number of carbonyl (C=O) groups is 1. The number of hydrogen-bond donors (Lipinski definition) is 1. The minimum Gasteiger partial charge on any atom is -0.341 e. The highest BCUT2D eigenvalue weighted by atomic mass is 127. The highest BCUT2D eigenvalue weighted by Crippen LogP contribution is 2.16. The number of likely N-dealkylation sites (tertiary alicyclic amines) is 1. The van der Waals surface area contributed by atoms with Crippen molar-refractivity contribution >= 4 is 28.5 Å². The van der Waals surface area contributed by atoms with Crippen LogP contribution in [-0.2, 0) is 4.79 Å². The molecule has 1 fully saturated rings. The first-order valence-corrected chi connectivity index (χ1v) is 7.93. The van der Waals surface area contributed by atoms with Crippen LogP contribution >= 0.6 is 22.6 Å². The zero-order valence-electron chi connectivity index (χ0n) is 11.5. The minimum atomic E-state index is 0.301. The molecule has 0 radical (unpaired) electrons. The Bertz CT molecular complexity index is 432. The van der Waals surface area contributed by atoms with Crippen molar-refractivity contribution in [3.8, 4) is 0 Å². The zero-order valence-corrected chi connectivity index (χ0v) is 13.7. The van der Waals surface area contributed by atoms with Gasteiger partial charge in [0.2, 0.25) is 5.91 Å². The summed E-state index contributed by atoms with van der Waals surface area (Å²) >= 11 is 2.32. The van der Waals surface area contributed by atoms with E-state index in [1.807, 2.05) is 4.90 Å². The van der Waals surface area contributed by atoms with Crippen molar-refractivity contribution < 1.29 is 4.79 Å². The number of rotatable bonds is 5. The molecule has 104 valence electrons. The first-order valence-electron chi connectivity index (χ1n) is 6.85. The van der Waals surface area contributed by atoms with Gasteiger partial charge in [0, 0.05) is 35.2 Å². The molecular weight excluding hydrogens is 351 g/mol. The van der Waals surface area contributed by atoms with E-state index >= 15 is 0 Å². The highest BCUT2D eigenvalue weighted by Gasteiger charge is 2.22. The van der Waals surface area contributed by atoms with Gasteiger partial charge in [-0.2, -0.15) is 0 Å². The fourth-order valence-electron chi connectivity index (χ4n) is 2.55. The number of hydrogen-bond acceptors (Lipinski definition) is 2. The van der Waals surface area contributed by atoms with Crippen LogP contribution in [0.25, 0.3) is 0 Å². The van der Waals surface area contributed by atoms with Crippen molar-refractivity contribution in [2.75, 3.05) is 13.1 Å². The zero-order chi connectivity index (χ0) is 13.8. The Hall–Kier alpha value is -0.620. The average molecular weight is 372 g/mol. The fraction of sp³-hybridized carbons (Fsp3) is 0.533. The van der Waals surface area contributed by atoms with Crippen LogP contribution in [0.15, 0.2) is 24.3 Å². The number of nitrogens with one attached hydrogen (secondary N) is 1. The normalized spacial score (nSPS) is 18.7. The highest BCUT2D eigenvalue weighted by molar-refractivity contribution is 14.1. The summed E-state index contributed by atoms with van der Waals surface area (Å²) in [5.41, 5.74) is 1.29. The lowest BCUT2D eigenvalue weighted by molar-refractivity contribution is -0.127. The van der Waals surface area contributed by atoms with Crippen LogP contribution in [0.4, 0.5) is 0 Å². The Morgan fingerprint density at radius 3 is 2.58 bits per heavy atom. The van der Waals surface area contributed by atoms with Gasteiger partial charge < -0.3 is 10.2 Å². The second-order valence-corrected chi connectivity index (χ2v) is 6.53. The topological polar surface area (TPSA) is 32.3 Å². The van der Waals surface area contributed by atoms with Crippen molar-refractivity contribution in [3.63, 3.8) is 0 Å². The van der Waals surface area contributed by atoms with Crippen molar-refractivity contribution in [1.82, 2.24) is 10.2 Å². The Balaban J connectivity index is 1.85. The molecule has 3 nitrogen and oxygen atoms in total. The molecule has 1 aliphatic heterocycles. The van der Waals surface area contributed by atoms with Gasteiger partial charge in [-0.25, -0.2) is 0 Å². The Morgan fingerprint density at radius 2 is 2.00 bits per heavy atom. The molecule has 1 aromatic rings. The van der Waals surface area contributed by atoms with Crippen LogP contribution in [0.5, 0.6) is 0 Å². The summed E-state index contributed by atoms with van der Waals surface area (Å²) in [6.07, 6.45) is 1.73. The summed E-state index contributed by atoms with van der Waals surface area (Å²) in [7, 11) is 0. The quantitative estimate of drug-likeness (QED) is 0.807. The summed E-state index contributed by atoms with van der Waals surface area (Å²) in [6, 6.07) is 9.20. The third-order valence-corrected chi connectivity index (χ3v) is 4.29. The standard InChI is InChI=1S/C15H21IN2O/c1-11(10-18-9-3-4-15(18)19)17-12(2)13-5-7-14(16)8-6-13/h5-8,11-12,17H,3-4,9-10H2,1-2H3. The van der Waals surface area contributed by atoms with Crippen LogP contribution < -0.4 is 5.32 Å². The third-order valence-electron chi connectivity index (χ3n) is 3.57. The maximum absolute atomic E-state index is 11.6. The molecule has 1 saturated heterocycles. The van der Waals surface area contributed by atoms with Crippen LogP contribution in [0.1, 0.15) is 38.3 Å². The lowest BCUT2D eigenvalue weighted by Gasteiger charge is -2.25. The summed E-state index contributed by atoms with van der Waals surface area (Å²) in [6.45, 7) is 6.05. The van der Waals surface area contributed by atoms with Gasteiger partial charge in [0.15, 0.2) is 0 Å². The molecule has 0 aliphatic carbocycles. The van der Waals surface area contributed by atoms with Crippen LogP contribution in [0.2, 0.25) is 0 Å². The molecule has 1 N–H and O–H groups in total. The van der Waals surface area contributed by atoms with Crippen molar-refractivity contribution in [3.05, 3.63) is 33.4 Å². The minimum absolute atomic E-state index is 0.301. The number of benzene rings is 1. The van der Waals surface area contributed by atoms with Gasteiger partial charge in [0.1, 0.15) is 0 Å². The van der Waals surface area contributed by atoms with Crippen LogP contribution in [0.3, 0.4) is 0 Å². The van der Waals surface area contributed by atoms with Crippen molar-refractivity contribution in [2.24, 2.45) is 0 Å². The molecule has 19 heavy (non-hydrogen) atoms. The van der Waals surface area contributed by atoms with Crippen molar-refractivity contribution in [1.29, 1.82) is 0 Å². The van der Waals surface area contributed by atoms with Crippen LogP contribution in [0, 0.1) is 3.57 Å². The van der Waals surface area contributed by atoms with E-state index in [1.54, 1.807) is 0 Å². The Kier molecular flexibility index (Phi) is 5.21. The maximum Gasteiger partial charge on any atom is 0.222 e. The molecule has 2 atom stereocenters. The summed E-state index contributed by atoms with van der Waals surface area (Å²) < 4.78 is 1.25. The Labute approximate surface area is 128 Å². The van der Waals surface area contributed by atoms with Crippen LogP contribution in [-0.4, -0.2) is 29.9 Å². The molecule has 2 rings (SSSR count). The smallest absolute Gasteiger partial charge is 0.222 e. The molecule has 4 heteroatoms. The largest absolute Gasteiger partial charge is 0.341 e. The van der Waals surface area contributed by atoms with Gasteiger partial charge >= 0.3 is 0 Å². The van der Waals surface area contributed by atoms with Gasteiger partial charge in [-0.15, -0.1) is 0 Å². The predicted molar refractivity (Wildman–Crippen MR) is 86.0 cm³/mol. The molecule has 1 aliphatic rings. The van der Waals surface area contributed by atoms with Gasteiger partial charge in [-0.1, -0.05) is 12.1 Å². The first kappa shape index (κ1) is 14.8. The molecule has 0 aromatic heterocycles. The molecule has 2 unspecified atom stereocenters. The van der Waals surface area contributed by atoms with Gasteiger partial charge in [0.25, 0.3) is 0 Å². The van der Waals surface area contributed by atoms with E-state index in [4.69, 9.17) is 0 Å². The second kappa shape index (κ2) is 6.70. The lowest BCUT2D eigenvalue weighted by atomic mass is 10.1. The summed E-state index contributed by atoms with van der Waals surface area (Å²) in [5.74, 6) is 0.301. The third kappa shape index (κ3) is 4.18.